The van der Waals surface area contributed by atoms with Crippen molar-refractivity contribution in [3.63, 3.8) is 0 Å². The fourth-order valence-corrected chi connectivity index (χ4v) is 3.54. The van der Waals surface area contributed by atoms with Crippen LogP contribution < -0.4 is 0 Å². The zero-order chi connectivity index (χ0) is 23.2. The molecular formula is C19H17ClF8O2. The van der Waals surface area contributed by atoms with Crippen LogP contribution in [0.25, 0.3) is 0 Å². The van der Waals surface area contributed by atoms with E-state index in [1.807, 2.05) is 0 Å². The third-order valence-corrected chi connectivity index (χ3v) is 5.52. The van der Waals surface area contributed by atoms with Crippen LogP contribution in [0, 0.1) is 17.3 Å². The first-order valence-electron chi connectivity index (χ1n) is 8.57. The van der Waals surface area contributed by atoms with Crippen molar-refractivity contribution in [2.75, 3.05) is 6.61 Å². The molecule has 0 aromatic rings. The van der Waals surface area contributed by atoms with Crippen molar-refractivity contribution in [1.29, 1.82) is 0 Å². The summed E-state index contributed by atoms with van der Waals surface area (Å²) in [6.07, 6.45) is -8.41. The summed E-state index contributed by atoms with van der Waals surface area (Å²) >= 11 is 5.17. The van der Waals surface area contributed by atoms with E-state index in [4.69, 9.17) is 16.3 Å². The van der Waals surface area contributed by atoms with Crippen molar-refractivity contribution >= 4 is 17.6 Å². The Hall–Kier alpha value is -1.84. The number of halogens is 9. The van der Waals surface area contributed by atoms with Gasteiger partial charge in [-0.15, -0.1) is 0 Å². The Morgan fingerprint density at radius 3 is 2.40 bits per heavy atom. The van der Waals surface area contributed by atoms with E-state index in [1.54, 1.807) is 0 Å². The molecule has 0 saturated heterocycles. The summed E-state index contributed by atoms with van der Waals surface area (Å²) in [7, 11) is 0. The summed E-state index contributed by atoms with van der Waals surface area (Å²) in [6, 6.07) is 0. The summed E-state index contributed by atoms with van der Waals surface area (Å²) in [6.45, 7) is 4.43. The molecule has 11 heteroatoms. The van der Waals surface area contributed by atoms with Crippen LogP contribution in [0.3, 0.4) is 0 Å². The van der Waals surface area contributed by atoms with Gasteiger partial charge < -0.3 is 4.74 Å². The number of alkyl halides is 5. The van der Waals surface area contributed by atoms with Gasteiger partial charge in [-0.1, -0.05) is 38.1 Å². The number of carbonyl (C=O) groups is 1. The number of hydrogen-bond donors (Lipinski definition) is 0. The maximum absolute atomic E-state index is 14.6. The van der Waals surface area contributed by atoms with E-state index >= 15 is 0 Å². The van der Waals surface area contributed by atoms with Gasteiger partial charge in [-0.3, -0.25) is 4.79 Å². The number of rotatable bonds is 6. The van der Waals surface area contributed by atoms with Crippen LogP contribution in [-0.4, -0.2) is 30.6 Å². The van der Waals surface area contributed by atoms with Gasteiger partial charge in [-0.25, -0.2) is 22.0 Å². The average Bonchev–Trinajstić information content (AvgIpc) is 3.11. The first-order valence-corrected chi connectivity index (χ1v) is 8.95. The molecular weight excluding hydrogens is 448 g/mol. The zero-order valence-corrected chi connectivity index (χ0v) is 16.5. The van der Waals surface area contributed by atoms with Gasteiger partial charge in [0.1, 0.15) is 11.6 Å². The van der Waals surface area contributed by atoms with E-state index in [9.17, 15) is 39.9 Å². The molecule has 0 heterocycles. The molecule has 0 N–H and O–H groups in total. The van der Waals surface area contributed by atoms with Crippen molar-refractivity contribution in [3.8, 4) is 0 Å². The van der Waals surface area contributed by atoms with E-state index in [0.29, 0.717) is 6.08 Å². The van der Waals surface area contributed by atoms with Crippen molar-refractivity contribution in [2.24, 2.45) is 17.3 Å². The molecule has 2 nitrogen and oxygen atoms in total. The van der Waals surface area contributed by atoms with E-state index < -0.39 is 82.4 Å². The van der Waals surface area contributed by atoms with Crippen LogP contribution >= 0.6 is 11.6 Å². The summed E-state index contributed by atoms with van der Waals surface area (Å²) in [5.41, 5.74) is -5.48. The molecule has 2 rings (SSSR count). The topological polar surface area (TPSA) is 26.3 Å². The molecule has 168 valence electrons. The maximum atomic E-state index is 14.6. The van der Waals surface area contributed by atoms with Gasteiger partial charge in [-0.05, 0) is 17.4 Å². The second-order valence-corrected chi connectivity index (χ2v) is 8.17. The molecule has 0 aliphatic heterocycles. The number of ether oxygens (including phenoxy) is 1. The Labute approximate surface area is 171 Å². The number of esters is 1. The van der Waals surface area contributed by atoms with E-state index in [-0.39, 0.29) is 6.08 Å². The maximum Gasteiger partial charge on any atom is 0.426 e. The largest absolute Gasteiger partial charge is 0.461 e. The van der Waals surface area contributed by atoms with E-state index in [0.717, 1.165) is 0 Å². The summed E-state index contributed by atoms with van der Waals surface area (Å²) in [5.74, 6) is -8.16. The molecule has 0 spiro atoms. The van der Waals surface area contributed by atoms with Gasteiger partial charge in [-0.2, -0.15) is 13.2 Å². The van der Waals surface area contributed by atoms with Crippen molar-refractivity contribution < 1.29 is 44.7 Å². The molecule has 0 aromatic heterocycles. The molecule has 1 fully saturated rings. The molecule has 2 unspecified atom stereocenters. The normalized spacial score (nSPS) is 31.4. The minimum atomic E-state index is -4.82. The van der Waals surface area contributed by atoms with Gasteiger partial charge >= 0.3 is 12.1 Å². The average molecular weight is 465 g/mol. The molecule has 4 atom stereocenters. The highest BCUT2D eigenvalue weighted by molar-refractivity contribution is 6.30. The highest BCUT2D eigenvalue weighted by Crippen LogP contribution is 2.60. The molecule has 2 aliphatic rings. The standard InChI is InChI=1S/C19H17ClF8O2/c1-8(21)5-18(25)6-11(22)14(23)9(15(18)24)7-30-16(29)13-10(17(13,2)3)4-12(20)19(26,27)28/h4,6,10,13,15H,1,5,7H2,2-3H3/b12-4-/t10-,13-,15?,18?/m1/s1. The summed E-state index contributed by atoms with van der Waals surface area (Å²) < 4.78 is 112. The minimum absolute atomic E-state index is 0.0625. The van der Waals surface area contributed by atoms with Crippen LogP contribution in [0.2, 0.25) is 0 Å². The molecule has 1 saturated carbocycles. The Kier molecular flexibility index (Phi) is 6.53. The van der Waals surface area contributed by atoms with Crippen molar-refractivity contribution in [2.45, 2.75) is 38.3 Å². The zero-order valence-electron chi connectivity index (χ0n) is 15.7. The van der Waals surface area contributed by atoms with E-state index in [1.165, 1.54) is 13.8 Å². The third-order valence-electron chi connectivity index (χ3n) is 5.18. The lowest BCUT2D eigenvalue weighted by Gasteiger charge is -2.30. The van der Waals surface area contributed by atoms with Crippen LogP contribution in [0.4, 0.5) is 35.1 Å². The quantitative estimate of drug-likeness (QED) is 0.331. The second kappa shape index (κ2) is 8.01. The second-order valence-electron chi connectivity index (χ2n) is 7.76. The molecule has 0 aromatic carbocycles. The molecule has 0 amide bonds. The predicted molar refractivity (Wildman–Crippen MR) is 92.6 cm³/mol. The van der Waals surface area contributed by atoms with Crippen LogP contribution in [0.5, 0.6) is 0 Å². The monoisotopic (exact) mass is 464 g/mol. The molecule has 0 bridgehead atoms. The van der Waals surface area contributed by atoms with Gasteiger partial charge in [0, 0.05) is 12.0 Å². The number of allylic oxidation sites excluding steroid dienone is 6. The highest BCUT2D eigenvalue weighted by Gasteiger charge is 2.62. The number of carbonyl (C=O) groups excluding carboxylic acids is 1. The van der Waals surface area contributed by atoms with Crippen LogP contribution in [0.1, 0.15) is 20.3 Å². The van der Waals surface area contributed by atoms with Gasteiger partial charge in [0.2, 0.25) is 0 Å². The Morgan fingerprint density at radius 2 is 1.90 bits per heavy atom. The fourth-order valence-electron chi connectivity index (χ4n) is 3.40. The Bertz CT molecular complexity index is 842. The smallest absolute Gasteiger partial charge is 0.426 e. The van der Waals surface area contributed by atoms with Gasteiger partial charge in [0.05, 0.1) is 11.7 Å². The highest BCUT2D eigenvalue weighted by atomic mass is 35.5. The Morgan fingerprint density at radius 1 is 1.33 bits per heavy atom. The molecule has 0 radical (unpaired) electrons. The van der Waals surface area contributed by atoms with Crippen LogP contribution in [0.15, 0.2) is 46.8 Å². The lowest BCUT2D eigenvalue weighted by atomic mass is 9.85. The van der Waals surface area contributed by atoms with Crippen molar-refractivity contribution in [1.82, 2.24) is 0 Å². The van der Waals surface area contributed by atoms with Crippen molar-refractivity contribution in [3.05, 3.63) is 46.8 Å². The predicted octanol–water partition coefficient (Wildman–Crippen LogP) is 6.50. The number of hydrogen-bond acceptors (Lipinski definition) is 2. The van der Waals surface area contributed by atoms with Crippen LogP contribution in [-0.2, 0) is 9.53 Å². The van der Waals surface area contributed by atoms with E-state index in [2.05, 4.69) is 6.58 Å². The summed E-state index contributed by atoms with van der Waals surface area (Å²) in [4.78, 5) is 12.2. The molecule has 2 aliphatic carbocycles. The first kappa shape index (κ1) is 24.4. The molecule has 30 heavy (non-hydrogen) atoms. The SMILES string of the molecule is C=C(F)CC1(F)C=C(F)C(F)=C(COC(=O)[C@H]2[C@@H](/C=C(\Cl)C(F)(F)F)C2(C)C)C1F. The fraction of sp³-hybridized carbons (Fsp3) is 0.526. The van der Waals surface area contributed by atoms with Gasteiger partial charge in [0.25, 0.3) is 0 Å². The van der Waals surface area contributed by atoms with Gasteiger partial charge in [0.15, 0.2) is 23.5 Å². The first-order chi connectivity index (χ1) is 13.5. The lowest BCUT2D eigenvalue weighted by Crippen LogP contribution is -2.39. The minimum Gasteiger partial charge on any atom is -0.461 e. The third kappa shape index (κ3) is 4.73. The Balaban J connectivity index is 2.15. The lowest BCUT2D eigenvalue weighted by molar-refractivity contribution is -0.145. The summed E-state index contributed by atoms with van der Waals surface area (Å²) in [5, 5.41) is -1.44.